The van der Waals surface area contributed by atoms with Crippen LogP contribution in [0.2, 0.25) is 0 Å². The van der Waals surface area contributed by atoms with E-state index in [9.17, 15) is 23.5 Å². The van der Waals surface area contributed by atoms with E-state index in [4.69, 9.17) is 0 Å². The van der Waals surface area contributed by atoms with E-state index >= 15 is 0 Å². The van der Waals surface area contributed by atoms with Crippen LogP contribution < -0.4 is 5.32 Å². The molecule has 0 aromatic heterocycles. The summed E-state index contributed by atoms with van der Waals surface area (Å²) >= 11 is 0. The molecule has 0 aliphatic heterocycles. The van der Waals surface area contributed by atoms with Crippen LogP contribution in [0, 0.1) is 68.3 Å². The highest BCUT2D eigenvalue weighted by atomic mass is 19.1. The first-order chi connectivity index (χ1) is 22.3. The molecule has 0 unspecified atom stereocenters. The Balaban J connectivity index is 1.34. The van der Waals surface area contributed by atoms with Gasteiger partial charge in [-0.05, 0) is 153 Å². The number of benzene rings is 1. The predicted octanol–water partition coefficient (Wildman–Crippen LogP) is 8.99. The van der Waals surface area contributed by atoms with E-state index in [-0.39, 0.29) is 33.0 Å². The zero-order valence-electron chi connectivity index (χ0n) is 30.6. The highest BCUT2D eigenvalue weighted by Gasteiger charge is 2.71. The van der Waals surface area contributed by atoms with Gasteiger partial charge in [0.2, 0.25) is 5.91 Å². The van der Waals surface area contributed by atoms with E-state index in [0.717, 1.165) is 69.9 Å². The number of fused-ring (bicyclic) bond motifs is 7. The van der Waals surface area contributed by atoms with E-state index < -0.39 is 23.2 Å². The fourth-order valence-corrected chi connectivity index (χ4v) is 13.1. The van der Waals surface area contributed by atoms with Crippen molar-refractivity contribution in [3.05, 3.63) is 53.1 Å². The molecule has 7 heteroatoms. The fourth-order valence-electron chi connectivity index (χ4n) is 13.1. The first kappa shape index (κ1) is 35.3. The summed E-state index contributed by atoms with van der Waals surface area (Å²) in [6.07, 6.45) is 11.4. The maximum atomic E-state index is 14.9. The van der Waals surface area contributed by atoms with Crippen LogP contribution in [0.1, 0.15) is 115 Å². The summed E-state index contributed by atoms with van der Waals surface area (Å²) in [5, 5.41) is 12.7. The molecule has 1 aromatic carbocycles. The van der Waals surface area contributed by atoms with Crippen LogP contribution in [-0.4, -0.2) is 49.1 Å². The van der Waals surface area contributed by atoms with Gasteiger partial charge in [0.1, 0.15) is 17.2 Å². The minimum absolute atomic E-state index is 0.00753. The standard InChI is InChI=1S/C41H58F2N2O3/c1-24(2)26-12-17-41(36(48)44-20-21-45(8)9)19-18-39(6)28(34(26)41)10-11-32-38(5)15-13-27(37(3,4)31(38)14-16-40(32,39)7)25-22-29(42)33(35(46)47)30(43)23-25/h13,22-23,26,28,31-32,34H,1,10-12,14-21H2,2-9H3,(H,44,48)(H,46,47)/t26-,28+,31-,32+,34+,38-,39+,40+,41-/m0/s1. The van der Waals surface area contributed by atoms with E-state index in [1.165, 1.54) is 17.7 Å². The molecule has 4 saturated carbocycles. The van der Waals surface area contributed by atoms with Crippen molar-refractivity contribution in [3.8, 4) is 0 Å². The zero-order valence-corrected chi connectivity index (χ0v) is 30.6. The number of amides is 1. The second kappa shape index (κ2) is 11.8. The summed E-state index contributed by atoms with van der Waals surface area (Å²) in [6, 6.07) is 2.43. The van der Waals surface area contributed by atoms with Gasteiger partial charge >= 0.3 is 5.97 Å². The van der Waals surface area contributed by atoms with Crippen molar-refractivity contribution in [3.63, 3.8) is 0 Å². The molecule has 264 valence electrons. The Morgan fingerprint density at radius 1 is 0.938 bits per heavy atom. The average molecular weight is 665 g/mol. The lowest BCUT2D eigenvalue weighted by Gasteiger charge is -2.72. The second-order valence-corrected chi connectivity index (χ2v) is 18.1. The number of aromatic carboxylic acids is 1. The third-order valence-corrected chi connectivity index (χ3v) is 15.5. The fraction of sp³-hybridized carbons (Fsp3) is 0.707. The number of carbonyl (C=O) groups excluding carboxylic acids is 1. The van der Waals surface area contributed by atoms with Crippen LogP contribution in [0.15, 0.2) is 30.4 Å². The zero-order chi connectivity index (χ0) is 35.2. The molecule has 4 fully saturated rings. The molecule has 0 bridgehead atoms. The Morgan fingerprint density at radius 3 is 2.21 bits per heavy atom. The van der Waals surface area contributed by atoms with Gasteiger partial charge in [-0.2, -0.15) is 0 Å². The number of nitrogens with one attached hydrogen (secondary N) is 1. The number of halogens is 2. The molecule has 0 heterocycles. The minimum atomic E-state index is -1.59. The van der Waals surface area contributed by atoms with E-state index in [0.29, 0.717) is 41.7 Å². The van der Waals surface area contributed by atoms with Gasteiger partial charge in [-0.25, -0.2) is 13.6 Å². The van der Waals surface area contributed by atoms with Crippen molar-refractivity contribution in [1.82, 2.24) is 10.2 Å². The number of carboxylic acid groups (broad SMARTS) is 1. The third kappa shape index (κ3) is 4.90. The molecule has 5 aliphatic carbocycles. The molecule has 6 rings (SSSR count). The van der Waals surface area contributed by atoms with E-state index in [1.54, 1.807) is 0 Å². The first-order valence-electron chi connectivity index (χ1n) is 18.4. The van der Waals surface area contributed by atoms with Crippen LogP contribution in [-0.2, 0) is 4.79 Å². The number of carbonyl (C=O) groups is 2. The molecule has 2 N–H and O–H groups in total. The number of carboxylic acids is 1. The van der Waals surface area contributed by atoms with Crippen molar-refractivity contribution in [2.75, 3.05) is 27.2 Å². The van der Waals surface area contributed by atoms with Crippen molar-refractivity contribution in [1.29, 1.82) is 0 Å². The third-order valence-electron chi connectivity index (χ3n) is 15.5. The summed E-state index contributed by atoms with van der Waals surface area (Å²) in [7, 11) is 4.09. The van der Waals surface area contributed by atoms with Gasteiger partial charge in [-0.3, -0.25) is 4.79 Å². The maximum absolute atomic E-state index is 14.9. The van der Waals surface area contributed by atoms with Crippen molar-refractivity contribution in [2.45, 2.75) is 99.3 Å². The molecular weight excluding hydrogens is 606 g/mol. The van der Waals surface area contributed by atoms with Crippen LogP contribution in [0.4, 0.5) is 8.78 Å². The first-order valence-corrected chi connectivity index (χ1v) is 18.4. The minimum Gasteiger partial charge on any atom is -0.477 e. The summed E-state index contributed by atoms with van der Waals surface area (Å²) < 4.78 is 29.8. The number of likely N-dealkylation sites (N-methyl/N-ethyl adjacent to an activating group) is 1. The maximum Gasteiger partial charge on any atom is 0.341 e. The van der Waals surface area contributed by atoms with Crippen molar-refractivity contribution < 1.29 is 23.5 Å². The predicted molar refractivity (Wildman–Crippen MR) is 187 cm³/mol. The summed E-state index contributed by atoms with van der Waals surface area (Å²) in [5.41, 5.74) is 1.22. The van der Waals surface area contributed by atoms with Crippen LogP contribution >= 0.6 is 0 Å². The average Bonchev–Trinajstić information content (AvgIpc) is 3.38. The molecule has 1 aromatic rings. The number of hydrogen-bond donors (Lipinski definition) is 2. The van der Waals surface area contributed by atoms with Crippen LogP contribution in [0.3, 0.4) is 0 Å². The number of nitrogens with zero attached hydrogens (tertiary/aromatic N) is 1. The molecular formula is C41H58F2N2O3. The summed E-state index contributed by atoms with van der Waals surface area (Å²) in [6.45, 7) is 20.2. The molecule has 9 atom stereocenters. The normalized spacial score (nSPS) is 39.8. The Bertz CT molecular complexity index is 1530. The van der Waals surface area contributed by atoms with Gasteiger partial charge < -0.3 is 15.3 Å². The molecule has 48 heavy (non-hydrogen) atoms. The Hall–Kier alpha value is -2.54. The molecule has 1 amide bonds. The molecule has 0 spiro atoms. The quantitative estimate of drug-likeness (QED) is 0.286. The Morgan fingerprint density at radius 2 is 1.60 bits per heavy atom. The van der Waals surface area contributed by atoms with Gasteiger partial charge in [0.05, 0.1) is 5.41 Å². The molecule has 5 aliphatic rings. The summed E-state index contributed by atoms with van der Waals surface area (Å²) in [5.74, 6) is -1.44. The van der Waals surface area contributed by atoms with Crippen molar-refractivity contribution in [2.24, 2.45) is 56.7 Å². The molecule has 5 nitrogen and oxygen atoms in total. The van der Waals surface area contributed by atoms with Crippen molar-refractivity contribution >= 4 is 17.4 Å². The lowest BCUT2D eigenvalue weighted by atomic mass is 9.32. The van der Waals surface area contributed by atoms with Gasteiger partial charge in [-0.1, -0.05) is 52.8 Å². The van der Waals surface area contributed by atoms with Gasteiger partial charge in [0.25, 0.3) is 0 Å². The number of hydrogen-bond acceptors (Lipinski definition) is 3. The second-order valence-electron chi connectivity index (χ2n) is 18.1. The Labute approximate surface area is 287 Å². The highest BCUT2D eigenvalue weighted by Crippen LogP contribution is 2.77. The van der Waals surface area contributed by atoms with E-state index in [1.807, 2.05) is 14.1 Å². The number of rotatable bonds is 7. The lowest BCUT2D eigenvalue weighted by Crippen LogP contribution is -2.66. The highest BCUT2D eigenvalue weighted by molar-refractivity contribution is 5.89. The molecule has 0 radical (unpaired) electrons. The van der Waals surface area contributed by atoms with Crippen LogP contribution in [0.5, 0.6) is 0 Å². The van der Waals surface area contributed by atoms with Crippen LogP contribution in [0.25, 0.3) is 5.57 Å². The largest absolute Gasteiger partial charge is 0.477 e. The Kier molecular flexibility index (Phi) is 8.66. The SMILES string of the molecule is C=C(C)[C@@H]1CC[C@]2(C(=O)NCCN(C)C)CC[C@]3(C)[C@H](CC[C@@H]4[C@@]5(C)CC=C(c6cc(F)c(C(=O)O)c(F)c6)C(C)(C)[C@@H]5CC[C@]43C)[C@@H]12. The van der Waals surface area contributed by atoms with Gasteiger partial charge in [0.15, 0.2) is 0 Å². The number of allylic oxidation sites excluding steroid dienone is 3. The lowest BCUT2D eigenvalue weighted by molar-refractivity contribution is -0.225. The molecule has 0 saturated heterocycles. The van der Waals surface area contributed by atoms with Gasteiger partial charge in [-0.15, -0.1) is 0 Å². The summed E-state index contributed by atoms with van der Waals surface area (Å²) in [4.78, 5) is 27.8. The van der Waals surface area contributed by atoms with Gasteiger partial charge in [0, 0.05) is 13.1 Å². The van der Waals surface area contributed by atoms with E-state index in [2.05, 4.69) is 64.4 Å². The monoisotopic (exact) mass is 664 g/mol. The topological polar surface area (TPSA) is 69.6 Å². The smallest absolute Gasteiger partial charge is 0.341 e.